The minimum absolute atomic E-state index is 0.123. The van der Waals surface area contributed by atoms with E-state index >= 15 is 0 Å². The molecule has 0 saturated carbocycles. The molecule has 2 aromatic rings. The van der Waals surface area contributed by atoms with Gasteiger partial charge in [0.15, 0.2) is 0 Å². The minimum atomic E-state index is -0.263. The molecule has 1 aliphatic rings. The molecule has 4 heteroatoms. The van der Waals surface area contributed by atoms with E-state index in [1.54, 1.807) is 17.0 Å². The molecule has 124 valence electrons. The molecule has 1 fully saturated rings. The van der Waals surface area contributed by atoms with Crippen LogP contribution >= 0.6 is 0 Å². The third-order valence-corrected chi connectivity index (χ3v) is 4.17. The molecule has 0 aliphatic carbocycles. The number of hydrogen-bond acceptors (Lipinski definition) is 3. The molecule has 2 aromatic carbocycles. The van der Waals surface area contributed by atoms with Gasteiger partial charge in [-0.1, -0.05) is 35.9 Å². The molecule has 4 nitrogen and oxygen atoms in total. The Morgan fingerprint density at radius 1 is 1.17 bits per heavy atom. The second-order valence-corrected chi connectivity index (χ2v) is 6.11. The summed E-state index contributed by atoms with van der Waals surface area (Å²) in [7, 11) is 0. The van der Waals surface area contributed by atoms with E-state index in [4.69, 9.17) is 4.74 Å². The summed E-state index contributed by atoms with van der Waals surface area (Å²) in [6.45, 7) is 2.76. The zero-order valence-electron chi connectivity index (χ0n) is 13.8. The van der Waals surface area contributed by atoms with Gasteiger partial charge in [-0.2, -0.15) is 0 Å². The molecular weight excluding hydrogens is 302 g/mol. The van der Waals surface area contributed by atoms with Gasteiger partial charge < -0.3 is 9.64 Å². The Hall–Kier alpha value is -2.62. The standard InChI is InChI=1S/C20H21NO3/c1-15-7-9-16(10-8-15)11-12-20(23)24-18-5-2-4-17(14-18)21-13-3-6-19(21)22/h2,4-5,7-10,14H,3,6,11-13H2,1H3. The predicted octanol–water partition coefficient (Wildman–Crippen LogP) is 3.66. The van der Waals surface area contributed by atoms with Crippen LogP contribution in [0.5, 0.6) is 5.75 Å². The number of nitrogens with zero attached hydrogens (tertiary/aromatic N) is 1. The molecule has 0 atom stereocenters. The number of esters is 1. The van der Waals surface area contributed by atoms with Crippen LogP contribution in [-0.2, 0) is 16.0 Å². The number of ether oxygens (including phenoxy) is 1. The van der Waals surface area contributed by atoms with Crippen LogP contribution < -0.4 is 9.64 Å². The van der Waals surface area contributed by atoms with E-state index in [0.29, 0.717) is 25.0 Å². The van der Waals surface area contributed by atoms with Crippen molar-refractivity contribution in [1.29, 1.82) is 0 Å². The lowest BCUT2D eigenvalue weighted by molar-refractivity contribution is -0.134. The van der Waals surface area contributed by atoms with Crippen molar-refractivity contribution in [3.63, 3.8) is 0 Å². The van der Waals surface area contributed by atoms with Crippen molar-refractivity contribution >= 4 is 17.6 Å². The highest BCUT2D eigenvalue weighted by Gasteiger charge is 2.22. The summed E-state index contributed by atoms with van der Waals surface area (Å²) in [5.41, 5.74) is 3.12. The summed E-state index contributed by atoms with van der Waals surface area (Å²) in [4.78, 5) is 25.6. The maximum Gasteiger partial charge on any atom is 0.311 e. The van der Waals surface area contributed by atoms with Gasteiger partial charge in [-0.25, -0.2) is 0 Å². The van der Waals surface area contributed by atoms with Gasteiger partial charge in [-0.05, 0) is 37.5 Å². The second kappa shape index (κ2) is 7.30. The van der Waals surface area contributed by atoms with Crippen molar-refractivity contribution in [2.24, 2.45) is 0 Å². The van der Waals surface area contributed by atoms with E-state index in [1.807, 2.05) is 43.3 Å². The van der Waals surface area contributed by atoms with Crippen molar-refractivity contribution in [3.05, 3.63) is 59.7 Å². The van der Waals surface area contributed by atoms with E-state index in [-0.39, 0.29) is 11.9 Å². The Morgan fingerprint density at radius 2 is 1.96 bits per heavy atom. The van der Waals surface area contributed by atoms with Gasteiger partial charge in [0.1, 0.15) is 5.75 Å². The van der Waals surface area contributed by atoms with Gasteiger partial charge in [0.2, 0.25) is 5.91 Å². The number of amides is 1. The zero-order valence-corrected chi connectivity index (χ0v) is 13.8. The topological polar surface area (TPSA) is 46.6 Å². The Labute approximate surface area is 142 Å². The summed E-state index contributed by atoms with van der Waals surface area (Å²) >= 11 is 0. The fourth-order valence-electron chi connectivity index (χ4n) is 2.82. The van der Waals surface area contributed by atoms with E-state index < -0.39 is 0 Å². The third kappa shape index (κ3) is 4.02. The van der Waals surface area contributed by atoms with Gasteiger partial charge >= 0.3 is 5.97 Å². The fourth-order valence-corrected chi connectivity index (χ4v) is 2.82. The average molecular weight is 323 g/mol. The molecule has 3 rings (SSSR count). The number of carbonyl (C=O) groups excluding carboxylic acids is 2. The lowest BCUT2D eigenvalue weighted by atomic mass is 10.1. The summed E-state index contributed by atoms with van der Waals surface area (Å²) in [6.07, 6.45) is 2.44. The maximum atomic E-state index is 12.0. The minimum Gasteiger partial charge on any atom is -0.426 e. The first kappa shape index (κ1) is 16.2. The Bertz CT molecular complexity index is 737. The fraction of sp³-hybridized carbons (Fsp3) is 0.300. The first-order valence-corrected chi connectivity index (χ1v) is 8.28. The molecule has 1 amide bonds. The number of benzene rings is 2. The van der Waals surface area contributed by atoms with Crippen LogP contribution in [-0.4, -0.2) is 18.4 Å². The molecule has 0 spiro atoms. The van der Waals surface area contributed by atoms with Crippen molar-refractivity contribution in [2.45, 2.75) is 32.6 Å². The normalized spacial score (nSPS) is 14.0. The van der Waals surface area contributed by atoms with Gasteiger partial charge in [-0.15, -0.1) is 0 Å². The molecule has 0 N–H and O–H groups in total. The summed E-state index contributed by atoms with van der Waals surface area (Å²) in [5, 5.41) is 0. The highest BCUT2D eigenvalue weighted by atomic mass is 16.5. The smallest absolute Gasteiger partial charge is 0.311 e. The van der Waals surface area contributed by atoms with Crippen molar-refractivity contribution < 1.29 is 14.3 Å². The van der Waals surface area contributed by atoms with E-state index in [0.717, 1.165) is 24.2 Å². The van der Waals surface area contributed by atoms with Crippen LogP contribution in [0.3, 0.4) is 0 Å². The van der Waals surface area contributed by atoms with Crippen molar-refractivity contribution in [1.82, 2.24) is 0 Å². The van der Waals surface area contributed by atoms with E-state index in [1.165, 1.54) is 5.56 Å². The molecule has 24 heavy (non-hydrogen) atoms. The van der Waals surface area contributed by atoms with E-state index in [9.17, 15) is 9.59 Å². The van der Waals surface area contributed by atoms with Gasteiger partial charge in [0, 0.05) is 31.1 Å². The lowest BCUT2D eigenvalue weighted by Gasteiger charge is -2.16. The molecule has 1 saturated heterocycles. The molecule has 1 heterocycles. The molecule has 0 radical (unpaired) electrons. The van der Waals surface area contributed by atoms with E-state index in [2.05, 4.69) is 0 Å². The Balaban J connectivity index is 1.58. The quantitative estimate of drug-likeness (QED) is 0.623. The van der Waals surface area contributed by atoms with Crippen molar-refractivity contribution in [3.8, 4) is 5.75 Å². The van der Waals surface area contributed by atoms with Crippen LogP contribution in [0.25, 0.3) is 0 Å². The molecule has 1 aliphatic heterocycles. The van der Waals surface area contributed by atoms with Crippen LogP contribution in [0.15, 0.2) is 48.5 Å². The highest BCUT2D eigenvalue weighted by Crippen LogP contribution is 2.25. The number of carbonyl (C=O) groups is 2. The highest BCUT2D eigenvalue weighted by molar-refractivity contribution is 5.95. The maximum absolute atomic E-state index is 12.0. The summed E-state index contributed by atoms with van der Waals surface area (Å²) in [6, 6.07) is 15.3. The van der Waals surface area contributed by atoms with Crippen LogP contribution in [0, 0.1) is 6.92 Å². The van der Waals surface area contributed by atoms with Gasteiger partial charge in [-0.3, -0.25) is 9.59 Å². The number of anilines is 1. The molecule has 0 aromatic heterocycles. The van der Waals surface area contributed by atoms with Crippen LogP contribution in [0.2, 0.25) is 0 Å². The predicted molar refractivity (Wildman–Crippen MR) is 93.2 cm³/mol. The Kier molecular flexibility index (Phi) is 4.94. The van der Waals surface area contributed by atoms with Gasteiger partial charge in [0.05, 0.1) is 0 Å². The first-order chi connectivity index (χ1) is 11.6. The Morgan fingerprint density at radius 3 is 2.67 bits per heavy atom. The van der Waals surface area contributed by atoms with Gasteiger partial charge in [0.25, 0.3) is 0 Å². The molecule has 0 unspecified atom stereocenters. The van der Waals surface area contributed by atoms with Crippen molar-refractivity contribution in [2.75, 3.05) is 11.4 Å². The largest absolute Gasteiger partial charge is 0.426 e. The second-order valence-electron chi connectivity index (χ2n) is 6.11. The average Bonchev–Trinajstić information content (AvgIpc) is 3.01. The van der Waals surface area contributed by atoms with Crippen LogP contribution in [0.1, 0.15) is 30.4 Å². The SMILES string of the molecule is Cc1ccc(CCC(=O)Oc2cccc(N3CCCC3=O)c2)cc1. The number of hydrogen-bond donors (Lipinski definition) is 0. The first-order valence-electron chi connectivity index (χ1n) is 8.28. The summed E-state index contributed by atoms with van der Waals surface area (Å²) < 4.78 is 5.42. The monoisotopic (exact) mass is 323 g/mol. The third-order valence-electron chi connectivity index (χ3n) is 4.17. The lowest BCUT2D eigenvalue weighted by Crippen LogP contribution is -2.23. The van der Waals surface area contributed by atoms with Crippen LogP contribution in [0.4, 0.5) is 5.69 Å². The zero-order chi connectivity index (χ0) is 16.9. The molecular formula is C20H21NO3. The molecule has 0 bridgehead atoms. The summed E-state index contributed by atoms with van der Waals surface area (Å²) in [5.74, 6) is 0.347. The number of aryl methyl sites for hydroxylation is 2. The number of rotatable bonds is 5.